The van der Waals surface area contributed by atoms with E-state index in [0.717, 1.165) is 0 Å². The van der Waals surface area contributed by atoms with Crippen molar-refractivity contribution in [2.75, 3.05) is 26.3 Å². The Balaban J connectivity index is 1.74. The normalized spacial score (nSPS) is 18.8. The maximum Gasteiger partial charge on any atom is 0.255 e. The van der Waals surface area contributed by atoms with Gasteiger partial charge in [0.25, 0.3) is 5.91 Å². The van der Waals surface area contributed by atoms with Crippen LogP contribution in [0.1, 0.15) is 43.5 Å². The van der Waals surface area contributed by atoms with Crippen molar-refractivity contribution in [3.63, 3.8) is 0 Å². The predicted octanol–water partition coefficient (Wildman–Crippen LogP) is 2.45. The Bertz CT molecular complexity index is 1140. The van der Waals surface area contributed by atoms with Crippen molar-refractivity contribution in [1.82, 2.24) is 21.3 Å². The molecule has 210 valence electrons. The SMILES string of the molecule is CC(C)C[C@@H]1NC(=O)C[C@@H](C(=O)NCCOc2ccc(Cl)cc2)NC(=O)c2ccccc2OCCCNC1=O. The molecule has 1 heterocycles. The summed E-state index contributed by atoms with van der Waals surface area (Å²) in [5.74, 6) is -0.898. The Kier molecular flexibility index (Phi) is 11.4. The summed E-state index contributed by atoms with van der Waals surface area (Å²) in [6.45, 7) is 4.80. The molecule has 2 atom stereocenters. The fourth-order valence-corrected chi connectivity index (χ4v) is 4.08. The Hall–Kier alpha value is -3.79. The average molecular weight is 559 g/mol. The zero-order valence-corrected chi connectivity index (χ0v) is 22.9. The number of carbonyl (C=O) groups excluding carboxylic acids is 4. The van der Waals surface area contributed by atoms with Gasteiger partial charge in [-0.15, -0.1) is 0 Å². The number of ether oxygens (including phenoxy) is 2. The van der Waals surface area contributed by atoms with Gasteiger partial charge in [0.2, 0.25) is 17.7 Å². The molecular weight excluding hydrogens is 524 g/mol. The molecule has 39 heavy (non-hydrogen) atoms. The highest BCUT2D eigenvalue weighted by molar-refractivity contribution is 6.30. The van der Waals surface area contributed by atoms with Gasteiger partial charge in [-0.1, -0.05) is 37.6 Å². The Morgan fingerprint density at radius 2 is 1.85 bits per heavy atom. The first-order valence-electron chi connectivity index (χ1n) is 13.0. The number of hydrogen-bond acceptors (Lipinski definition) is 6. The van der Waals surface area contributed by atoms with E-state index in [1.807, 2.05) is 13.8 Å². The second kappa shape index (κ2) is 15.0. The first-order chi connectivity index (χ1) is 18.7. The van der Waals surface area contributed by atoms with Gasteiger partial charge in [-0.05, 0) is 55.2 Å². The minimum atomic E-state index is -1.20. The summed E-state index contributed by atoms with van der Waals surface area (Å²) in [4.78, 5) is 52.0. The molecule has 11 heteroatoms. The van der Waals surface area contributed by atoms with Gasteiger partial charge in [-0.2, -0.15) is 0 Å². The van der Waals surface area contributed by atoms with E-state index in [0.29, 0.717) is 35.9 Å². The van der Waals surface area contributed by atoms with Crippen molar-refractivity contribution in [1.29, 1.82) is 0 Å². The van der Waals surface area contributed by atoms with Crippen LogP contribution in [-0.2, 0) is 14.4 Å². The fraction of sp³-hybridized carbons (Fsp3) is 0.429. The summed E-state index contributed by atoms with van der Waals surface area (Å²) in [5.41, 5.74) is 0.235. The van der Waals surface area contributed by atoms with Gasteiger partial charge in [-0.25, -0.2) is 0 Å². The molecule has 3 rings (SSSR count). The lowest BCUT2D eigenvalue weighted by Gasteiger charge is -2.22. The molecule has 2 aromatic rings. The Morgan fingerprint density at radius 3 is 2.59 bits per heavy atom. The molecule has 4 N–H and O–H groups in total. The number of amides is 4. The van der Waals surface area contributed by atoms with Crippen molar-refractivity contribution in [2.24, 2.45) is 5.92 Å². The number of nitrogens with one attached hydrogen (secondary N) is 4. The van der Waals surface area contributed by atoms with Gasteiger partial charge < -0.3 is 30.7 Å². The number of hydrogen-bond donors (Lipinski definition) is 4. The van der Waals surface area contributed by atoms with E-state index in [9.17, 15) is 19.2 Å². The van der Waals surface area contributed by atoms with E-state index in [4.69, 9.17) is 21.1 Å². The lowest BCUT2D eigenvalue weighted by Crippen LogP contribution is -2.52. The quantitative estimate of drug-likeness (QED) is 0.386. The number of benzene rings is 2. The summed E-state index contributed by atoms with van der Waals surface area (Å²) < 4.78 is 11.4. The molecule has 0 aliphatic carbocycles. The maximum absolute atomic E-state index is 13.2. The summed E-state index contributed by atoms with van der Waals surface area (Å²) in [6.07, 6.45) is 0.568. The van der Waals surface area contributed by atoms with Crippen LogP contribution in [0, 0.1) is 5.92 Å². The van der Waals surface area contributed by atoms with Gasteiger partial charge in [0.15, 0.2) is 0 Å². The standard InChI is InChI=1S/C28H35ClN4O6/c1-18(2)16-22-27(36)30-12-5-14-39-24-7-4-3-6-21(24)26(35)33-23(17-25(34)32-22)28(37)31-13-15-38-20-10-8-19(29)9-11-20/h3-4,6-11,18,22-23H,5,12-17H2,1-2H3,(H,30,36)(H,31,37)(H,32,34)(H,33,35)/t22-,23-/m0/s1. The molecule has 4 amide bonds. The fourth-order valence-electron chi connectivity index (χ4n) is 3.95. The van der Waals surface area contributed by atoms with Crippen LogP contribution in [0.25, 0.3) is 0 Å². The zero-order chi connectivity index (χ0) is 28.2. The van der Waals surface area contributed by atoms with Crippen LogP contribution in [-0.4, -0.2) is 62.0 Å². The molecule has 0 spiro atoms. The molecule has 1 aliphatic rings. The summed E-state index contributed by atoms with van der Waals surface area (Å²) >= 11 is 5.88. The van der Waals surface area contributed by atoms with Gasteiger partial charge in [0.1, 0.15) is 30.2 Å². The van der Waals surface area contributed by atoms with Crippen LogP contribution in [0.5, 0.6) is 11.5 Å². The highest BCUT2D eigenvalue weighted by atomic mass is 35.5. The number of halogens is 1. The van der Waals surface area contributed by atoms with E-state index >= 15 is 0 Å². The smallest absolute Gasteiger partial charge is 0.255 e. The van der Waals surface area contributed by atoms with Gasteiger partial charge in [0.05, 0.1) is 25.1 Å². The molecule has 0 bridgehead atoms. The number of fused-ring (bicyclic) bond motifs is 1. The summed E-state index contributed by atoms with van der Waals surface area (Å²) in [7, 11) is 0. The van der Waals surface area contributed by atoms with Crippen molar-refractivity contribution < 1.29 is 28.7 Å². The molecule has 0 fully saturated rings. The minimum absolute atomic E-state index is 0.132. The van der Waals surface area contributed by atoms with E-state index in [2.05, 4.69) is 21.3 Å². The third-order valence-corrected chi connectivity index (χ3v) is 6.12. The molecule has 0 unspecified atom stereocenters. The summed E-state index contributed by atoms with van der Waals surface area (Å²) in [5, 5.41) is 11.5. The van der Waals surface area contributed by atoms with Crippen LogP contribution in [0.4, 0.5) is 0 Å². The second-order valence-corrected chi connectivity index (χ2v) is 10.00. The predicted molar refractivity (Wildman–Crippen MR) is 147 cm³/mol. The van der Waals surface area contributed by atoms with E-state index in [-0.39, 0.29) is 43.6 Å². The highest BCUT2D eigenvalue weighted by Crippen LogP contribution is 2.19. The lowest BCUT2D eigenvalue weighted by atomic mass is 10.0. The largest absolute Gasteiger partial charge is 0.493 e. The minimum Gasteiger partial charge on any atom is -0.493 e. The van der Waals surface area contributed by atoms with Gasteiger partial charge in [0, 0.05) is 11.6 Å². The number of carbonyl (C=O) groups is 4. The van der Waals surface area contributed by atoms with E-state index in [1.54, 1.807) is 48.5 Å². The molecule has 1 aliphatic heterocycles. The van der Waals surface area contributed by atoms with E-state index < -0.39 is 29.8 Å². The third-order valence-electron chi connectivity index (χ3n) is 5.86. The van der Waals surface area contributed by atoms with Gasteiger partial charge >= 0.3 is 0 Å². The van der Waals surface area contributed by atoms with Crippen LogP contribution in [0.2, 0.25) is 5.02 Å². The van der Waals surface area contributed by atoms with Crippen molar-refractivity contribution >= 4 is 35.2 Å². The van der Waals surface area contributed by atoms with Crippen LogP contribution in [0.15, 0.2) is 48.5 Å². The van der Waals surface area contributed by atoms with Gasteiger partial charge in [-0.3, -0.25) is 19.2 Å². The first-order valence-corrected chi connectivity index (χ1v) is 13.4. The third kappa shape index (κ3) is 9.79. The molecule has 2 aromatic carbocycles. The van der Waals surface area contributed by atoms with E-state index in [1.165, 1.54) is 0 Å². The molecule has 10 nitrogen and oxygen atoms in total. The van der Waals surface area contributed by atoms with Crippen LogP contribution < -0.4 is 30.7 Å². The molecule has 0 saturated heterocycles. The lowest BCUT2D eigenvalue weighted by molar-refractivity contribution is -0.131. The van der Waals surface area contributed by atoms with Crippen molar-refractivity contribution in [2.45, 2.75) is 45.2 Å². The average Bonchev–Trinajstić information content (AvgIpc) is 2.90. The molecular formula is C28H35ClN4O6. The van der Waals surface area contributed by atoms with Crippen molar-refractivity contribution in [3.8, 4) is 11.5 Å². The molecule has 0 aromatic heterocycles. The van der Waals surface area contributed by atoms with Crippen LogP contribution >= 0.6 is 11.6 Å². The topological polar surface area (TPSA) is 135 Å². The highest BCUT2D eigenvalue weighted by Gasteiger charge is 2.28. The number of para-hydroxylation sites is 1. The zero-order valence-electron chi connectivity index (χ0n) is 22.1. The number of rotatable bonds is 7. The van der Waals surface area contributed by atoms with Crippen LogP contribution in [0.3, 0.4) is 0 Å². The molecule has 0 radical (unpaired) electrons. The maximum atomic E-state index is 13.2. The Morgan fingerprint density at radius 1 is 1.10 bits per heavy atom. The molecule has 0 saturated carbocycles. The first kappa shape index (κ1) is 29.8. The summed E-state index contributed by atoms with van der Waals surface area (Å²) in [6, 6.07) is 11.5. The van der Waals surface area contributed by atoms with Crippen molar-refractivity contribution in [3.05, 3.63) is 59.1 Å². The monoisotopic (exact) mass is 558 g/mol. The second-order valence-electron chi connectivity index (χ2n) is 9.56. The Labute approximate surface area is 233 Å².